The molecular weight excluding hydrogens is 391 g/mol. The molecule has 5 nitrogen and oxygen atoms in total. The fraction of sp³-hybridized carbons (Fsp3) is 0.154. The van der Waals surface area contributed by atoms with E-state index in [-0.39, 0.29) is 11.6 Å². The number of hydrogen-bond donors (Lipinski definition) is 1. The Bertz CT molecular complexity index is 669. The molecule has 0 fully saturated rings. The van der Waals surface area contributed by atoms with Gasteiger partial charge in [-0.25, -0.2) is 0 Å². The fourth-order valence-corrected chi connectivity index (χ4v) is 3.07. The Kier molecular flexibility index (Phi) is 4.71. The number of nitrogens with one attached hydrogen (secondary N) is 1. The van der Waals surface area contributed by atoms with E-state index < -0.39 is 4.92 Å². The number of nitro benzene ring substituents is 1. The molecule has 0 radical (unpaired) electrons. The molecule has 0 saturated carbocycles. The lowest BCUT2D eigenvalue weighted by Crippen LogP contribution is -2.23. The summed E-state index contributed by atoms with van der Waals surface area (Å²) in [6, 6.07) is 6.26. The minimum atomic E-state index is -0.504. The van der Waals surface area contributed by atoms with Crippen LogP contribution in [0.3, 0.4) is 0 Å². The second-order valence-corrected chi connectivity index (χ2v) is 6.29. The molecule has 20 heavy (non-hydrogen) atoms. The summed E-state index contributed by atoms with van der Waals surface area (Å²) in [7, 11) is 0. The van der Waals surface area contributed by atoms with Gasteiger partial charge in [0.05, 0.1) is 17.0 Å². The number of halogens is 1. The van der Waals surface area contributed by atoms with Gasteiger partial charge in [-0.15, -0.1) is 11.3 Å². The van der Waals surface area contributed by atoms with Crippen LogP contribution in [0.2, 0.25) is 0 Å². The summed E-state index contributed by atoms with van der Waals surface area (Å²) in [6.07, 6.45) is 0. The molecule has 0 aliphatic rings. The number of thiophene rings is 1. The summed E-state index contributed by atoms with van der Waals surface area (Å²) in [5, 5.41) is 15.5. The summed E-state index contributed by atoms with van der Waals surface area (Å²) in [4.78, 5) is 23.4. The fourth-order valence-electron chi connectivity index (χ4n) is 1.64. The van der Waals surface area contributed by atoms with Crippen LogP contribution in [0.1, 0.15) is 20.8 Å². The molecule has 1 amide bonds. The van der Waals surface area contributed by atoms with Gasteiger partial charge in [-0.1, -0.05) is 0 Å². The quantitative estimate of drug-likeness (QED) is 0.484. The van der Waals surface area contributed by atoms with Crippen LogP contribution in [0.4, 0.5) is 5.69 Å². The minimum Gasteiger partial charge on any atom is -0.347 e. The van der Waals surface area contributed by atoms with Crippen molar-refractivity contribution in [1.82, 2.24) is 5.32 Å². The highest BCUT2D eigenvalue weighted by molar-refractivity contribution is 14.1. The van der Waals surface area contributed by atoms with Gasteiger partial charge in [-0.05, 0) is 52.6 Å². The molecule has 2 rings (SSSR count). The van der Waals surface area contributed by atoms with E-state index in [0.717, 1.165) is 10.4 Å². The molecule has 0 unspecified atom stereocenters. The number of hydrogen-bond acceptors (Lipinski definition) is 4. The predicted octanol–water partition coefficient (Wildman–Crippen LogP) is 3.50. The van der Waals surface area contributed by atoms with Crippen LogP contribution < -0.4 is 5.32 Å². The number of amides is 1. The van der Waals surface area contributed by atoms with Crippen LogP contribution in [-0.2, 0) is 6.54 Å². The van der Waals surface area contributed by atoms with Gasteiger partial charge in [0.2, 0.25) is 0 Å². The molecule has 0 aliphatic heterocycles. The standard InChI is InChI=1S/C13H11IN2O3S/c1-8-4-5-20-12(8)7-15-13(17)10-6-9(16(18)19)2-3-11(10)14/h2-6H,7H2,1H3,(H,15,17). The number of nitro groups is 1. The van der Waals surface area contributed by atoms with E-state index in [1.54, 1.807) is 17.4 Å². The molecule has 0 spiro atoms. The van der Waals surface area contributed by atoms with Crippen molar-refractivity contribution in [1.29, 1.82) is 0 Å². The summed E-state index contributed by atoms with van der Waals surface area (Å²) < 4.78 is 0.689. The van der Waals surface area contributed by atoms with Gasteiger partial charge in [0.25, 0.3) is 11.6 Å². The lowest BCUT2D eigenvalue weighted by Gasteiger charge is -2.06. The molecule has 1 aromatic carbocycles. The molecule has 1 N–H and O–H groups in total. The van der Waals surface area contributed by atoms with E-state index in [9.17, 15) is 14.9 Å². The average molecular weight is 402 g/mol. The number of aryl methyl sites for hydroxylation is 1. The van der Waals surface area contributed by atoms with Crippen LogP contribution in [-0.4, -0.2) is 10.8 Å². The lowest BCUT2D eigenvalue weighted by molar-refractivity contribution is -0.384. The number of non-ortho nitro benzene ring substituents is 1. The topological polar surface area (TPSA) is 72.2 Å². The van der Waals surface area contributed by atoms with Crippen LogP contribution in [0, 0.1) is 20.6 Å². The zero-order valence-electron chi connectivity index (χ0n) is 10.6. The second-order valence-electron chi connectivity index (χ2n) is 4.13. The monoisotopic (exact) mass is 402 g/mol. The van der Waals surface area contributed by atoms with Gasteiger partial charge in [-0.3, -0.25) is 14.9 Å². The van der Waals surface area contributed by atoms with Crippen LogP contribution in [0.25, 0.3) is 0 Å². The molecule has 0 bridgehead atoms. The highest BCUT2D eigenvalue weighted by Gasteiger charge is 2.15. The molecule has 0 atom stereocenters. The predicted molar refractivity (Wildman–Crippen MR) is 86.0 cm³/mol. The number of rotatable bonds is 4. The van der Waals surface area contributed by atoms with Gasteiger partial charge in [0.1, 0.15) is 0 Å². The smallest absolute Gasteiger partial charge is 0.270 e. The van der Waals surface area contributed by atoms with E-state index in [0.29, 0.717) is 15.7 Å². The summed E-state index contributed by atoms with van der Waals surface area (Å²) in [5.41, 5.74) is 1.38. The Morgan fingerprint density at radius 2 is 2.20 bits per heavy atom. The first-order chi connectivity index (χ1) is 9.49. The largest absolute Gasteiger partial charge is 0.347 e. The van der Waals surface area contributed by atoms with Crippen LogP contribution >= 0.6 is 33.9 Å². The van der Waals surface area contributed by atoms with Crippen LogP contribution in [0.15, 0.2) is 29.6 Å². The van der Waals surface area contributed by atoms with E-state index in [2.05, 4.69) is 5.32 Å². The van der Waals surface area contributed by atoms with Gasteiger partial charge in [0.15, 0.2) is 0 Å². The molecule has 104 valence electrons. The van der Waals surface area contributed by atoms with Crippen molar-refractivity contribution in [2.24, 2.45) is 0 Å². The van der Waals surface area contributed by atoms with Crippen molar-refractivity contribution in [2.75, 3.05) is 0 Å². The molecule has 1 heterocycles. The third-order valence-electron chi connectivity index (χ3n) is 2.78. The van der Waals surface area contributed by atoms with Crippen molar-refractivity contribution in [3.8, 4) is 0 Å². The minimum absolute atomic E-state index is 0.0807. The molecular formula is C13H11IN2O3S. The molecule has 7 heteroatoms. The van der Waals surface area contributed by atoms with Gasteiger partial charge < -0.3 is 5.32 Å². The van der Waals surface area contributed by atoms with Crippen molar-refractivity contribution in [3.63, 3.8) is 0 Å². The van der Waals surface area contributed by atoms with Crippen molar-refractivity contribution < 1.29 is 9.72 Å². The molecule has 0 aliphatic carbocycles. The first-order valence-corrected chi connectivity index (χ1v) is 7.70. The van der Waals surface area contributed by atoms with Gasteiger partial charge in [-0.2, -0.15) is 0 Å². The molecule has 1 aromatic heterocycles. The number of carbonyl (C=O) groups excluding carboxylic acids is 1. The third-order valence-corrected chi connectivity index (χ3v) is 4.75. The Morgan fingerprint density at radius 1 is 1.45 bits per heavy atom. The SMILES string of the molecule is Cc1ccsc1CNC(=O)c1cc([N+](=O)[O-])ccc1I. The maximum atomic E-state index is 12.1. The Labute approximate surface area is 133 Å². The van der Waals surface area contributed by atoms with Crippen molar-refractivity contribution in [2.45, 2.75) is 13.5 Å². The first kappa shape index (κ1) is 14.9. The molecule has 0 saturated heterocycles. The Balaban J connectivity index is 2.15. The zero-order chi connectivity index (χ0) is 14.7. The second kappa shape index (κ2) is 6.31. The summed E-state index contributed by atoms with van der Waals surface area (Å²) in [5.74, 6) is -0.300. The van der Waals surface area contributed by atoms with Gasteiger partial charge in [0, 0.05) is 20.6 Å². The van der Waals surface area contributed by atoms with E-state index in [4.69, 9.17) is 0 Å². The Hall–Kier alpha value is -1.48. The average Bonchev–Trinajstić information content (AvgIpc) is 2.81. The normalized spacial score (nSPS) is 10.3. The van der Waals surface area contributed by atoms with Crippen molar-refractivity contribution in [3.05, 3.63) is 59.3 Å². The zero-order valence-corrected chi connectivity index (χ0v) is 13.5. The highest BCUT2D eigenvalue weighted by atomic mass is 127. The number of nitrogens with zero attached hydrogens (tertiary/aromatic N) is 1. The lowest BCUT2D eigenvalue weighted by atomic mass is 10.2. The Morgan fingerprint density at radius 3 is 2.80 bits per heavy atom. The third kappa shape index (κ3) is 3.34. The highest BCUT2D eigenvalue weighted by Crippen LogP contribution is 2.20. The first-order valence-electron chi connectivity index (χ1n) is 5.74. The molecule has 2 aromatic rings. The number of carbonyl (C=O) groups is 1. The van der Waals surface area contributed by atoms with E-state index in [1.165, 1.54) is 12.1 Å². The van der Waals surface area contributed by atoms with Crippen LogP contribution in [0.5, 0.6) is 0 Å². The summed E-state index contributed by atoms with van der Waals surface area (Å²) >= 11 is 3.57. The summed E-state index contributed by atoms with van der Waals surface area (Å²) in [6.45, 7) is 2.41. The van der Waals surface area contributed by atoms with Crippen molar-refractivity contribution >= 4 is 45.5 Å². The van der Waals surface area contributed by atoms with Gasteiger partial charge >= 0.3 is 0 Å². The maximum absolute atomic E-state index is 12.1. The maximum Gasteiger partial charge on any atom is 0.270 e. The van der Waals surface area contributed by atoms with E-state index in [1.807, 2.05) is 41.0 Å². The number of benzene rings is 1. The van der Waals surface area contributed by atoms with E-state index >= 15 is 0 Å².